The van der Waals surface area contributed by atoms with Crippen LogP contribution < -0.4 is 5.32 Å². The average molecular weight is 387 g/mol. The van der Waals surface area contributed by atoms with E-state index in [1.54, 1.807) is 7.11 Å². The standard InChI is InChI=1S/C13H13Br2N3O/c1-16-13-11(15)10(7-19-2)17-12(18-13)8-5-3-4-6-9(8)14/h3-6H,7H2,1-2H3,(H,16,17,18). The van der Waals surface area contributed by atoms with Crippen LogP contribution in [0.2, 0.25) is 0 Å². The van der Waals surface area contributed by atoms with E-state index in [-0.39, 0.29) is 0 Å². The number of anilines is 1. The van der Waals surface area contributed by atoms with E-state index in [0.29, 0.717) is 12.4 Å². The maximum absolute atomic E-state index is 5.17. The second-order valence-corrected chi connectivity index (χ2v) is 5.47. The molecule has 1 aromatic heterocycles. The van der Waals surface area contributed by atoms with Crippen LogP contribution in [0.3, 0.4) is 0 Å². The van der Waals surface area contributed by atoms with Gasteiger partial charge in [-0.1, -0.05) is 34.1 Å². The number of hydrogen-bond acceptors (Lipinski definition) is 4. The minimum Gasteiger partial charge on any atom is -0.378 e. The van der Waals surface area contributed by atoms with E-state index in [1.165, 1.54) is 0 Å². The summed E-state index contributed by atoms with van der Waals surface area (Å²) >= 11 is 7.01. The Hall–Kier alpha value is -0.980. The van der Waals surface area contributed by atoms with Gasteiger partial charge >= 0.3 is 0 Å². The number of ether oxygens (including phenoxy) is 1. The van der Waals surface area contributed by atoms with Crippen molar-refractivity contribution in [2.75, 3.05) is 19.5 Å². The molecule has 0 radical (unpaired) electrons. The number of rotatable bonds is 4. The zero-order valence-electron chi connectivity index (χ0n) is 10.6. The first kappa shape index (κ1) is 14.4. The Balaban J connectivity index is 2.58. The fourth-order valence-corrected chi connectivity index (χ4v) is 2.61. The van der Waals surface area contributed by atoms with Crippen LogP contribution in [0.5, 0.6) is 0 Å². The molecule has 2 aromatic rings. The van der Waals surface area contributed by atoms with Gasteiger partial charge in [0.1, 0.15) is 5.82 Å². The third kappa shape index (κ3) is 3.13. The molecule has 1 heterocycles. The molecule has 19 heavy (non-hydrogen) atoms. The van der Waals surface area contributed by atoms with Gasteiger partial charge in [-0.25, -0.2) is 9.97 Å². The number of methoxy groups -OCH3 is 1. The van der Waals surface area contributed by atoms with Crippen LogP contribution in [0.4, 0.5) is 5.82 Å². The Labute approximate surface area is 128 Å². The molecular weight excluding hydrogens is 374 g/mol. The van der Waals surface area contributed by atoms with Gasteiger partial charge in [0.2, 0.25) is 0 Å². The Bertz CT molecular complexity index is 590. The van der Waals surface area contributed by atoms with Crippen molar-refractivity contribution in [1.29, 1.82) is 0 Å². The molecule has 0 saturated heterocycles. The summed E-state index contributed by atoms with van der Waals surface area (Å²) in [5, 5.41) is 3.05. The predicted octanol–water partition coefficient (Wildman–Crippen LogP) is 3.86. The van der Waals surface area contributed by atoms with Crippen LogP contribution in [0.15, 0.2) is 33.2 Å². The van der Waals surface area contributed by atoms with Gasteiger partial charge in [-0.2, -0.15) is 0 Å². The van der Waals surface area contributed by atoms with E-state index in [2.05, 4.69) is 47.1 Å². The lowest BCUT2D eigenvalue weighted by atomic mass is 10.2. The number of halogens is 2. The molecule has 2 rings (SSSR count). The number of aromatic nitrogens is 2. The van der Waals surface area contributed by atoms with Gasteiger partial charge in [0.25, 0.3) is 0 Å². The molecule has 1 N–H and O–H groups in total. The molecule has 0 aliphatic rings. The molecule has 0 saturated carbocycles. The van der Waals surface area contributed by atoms with Crippen molar-refractivity contribution in [3.8, 4) is 11.4 Å². The number of benzene rings is 1. The number of nitrogens with zero attached hydrogens (tertiary/aromatic N) is 2. The summed E-state index contributed by atoms with van der Waals surface area (Å²) < 4.78 is 6.96. The van der Waals surface area contributed by atoms with E-state index < -0.39 is 0 Å². The van der Waals surface area contributed by atoms with Gasteiger partial charge < -0.3 is 10.1 Å². The van der Waals surface area contributed by atoms with Crippen LogP contribution in [0.1, 0.15) is 5.69 Å². The minimum absolute atomic E-state index is 0.426. The molecule has 0 aliphatic heterocycles. The van der Waals surface area contributed by atoms with Crippen molar-refractivity contribution in [3.05, 3.63) is 38.9 Å². The van der Waals surface area contributed by atoms with Crippen molar-refractivity contribution in [3.63, 3.8) is 0 Å². The molecule has 100 valence electrons. The fraction of sp³-hybridized carbons (Fsp3) is 0.231. The van der Waals surface area contributed by atoms with Crippen molar-refractivity contribution < 1.29 is 4.74 Å². The summed E-state index contributed by atoms with van der Waals surface area (Å²) in [4.78, 5) is 9.06. The van der Waals surface area contributed by atoms with Gasteiger partial charge in [-0.3, -0.25) is 0 Å². The number of nitrogens with one attached hydrogen (secondary N) is 1. The zero-order chi connectivity index (χ0) is 13.8. The Morgan fingerprint density at radius 2 is 1.95 bits per heavy atom. The average Bonchev–Trinajstić information content (AvgIpc) is 2.42. The van der Waals surface area contributed by atoms with Crippen LogP contribution in [0.25, 0.3) is 11.4 Å². The SMILES string of the molecule is CNc1nc(-c2ccccc2Br)nc(COC)c1Br. The number of hydrogen-bond donors (Lipinski definition) is 1. The molecule has 0 atom stereocenters. The van der Waals surface area contributed by atoms with E-state index >= 15 is 0 Å². The van der Waals surface area contributed by atoms with E-state index in [0.717, 1.165) is 26.0 Å². The first-order valence-electron chi connectivity index (χ1n) is 5.65. The largest absolute Gasteiger partial charge is 0.378 e. The second-order valence-electron chi connectivity index (χ2n) is 3.82. The van der Waals surface area contributed by atoms with E-state index in [4.69, 9.17) is 4.74 Å². The summed E-state index contributed by atoms with van der Waals surface area (Å²) in [5.74, 6) is 1.40. The summed E-state index contributed by atoms with van der Waals surface area (Å²) in [6.45, 7) is 0.426. The lowest BCUT2D eigenvalue weighted by molar-refractivity contribution is 0.181. The van der Waals surface area contributed by atoms with Gasteiger partial charge in [0, 0.05) is 24.2 Å². The quantitative estimate of drug-likeness (QED) is 0.866. The highest BCUT2D eigenvalue weighted by molar-refractivity contribution is 9.11. The first-order valence-corrected chi connectivity index (χ1v) is 7.24. The Kier molecular flexibility index (Phi) is 4.90. The van der Waals surface area contributed by atoms with Crippen molar-refractivity contribution >= 4 is 37.7 Å². The van der Waals surface area contributed by atoms with Crippen LogP contribution in [-0.2, 0) is 11.3 Å². The first-order chi connectivity index (χ1) is 9.17. The lowest BCUT2D eigenvalue weighted by Crippen LogP contribution is -2.04. The molecule has 6 heteroatoms. The van der Waals surface area contributed by atoms with Gasteiger partial charge in [-0.15, -0.1) is 0 Å². The molecule has 0 amide bonds. The molecule has 0 fully saturated rings. The molecular formula is C13H13Br2N3O. The predicted molar refractivity (Wildman–Crippen MR) is 83.1 cm³/mol. The Morgan fingerprint density at radius 3 is 2.58 bits per heavy atom. The van der Waals surface area contributed by atoms with E-state index in [1.807, 2.05) is 31.3 Å². The highest BCUT2D eigenvalue weighted by Crippen LogP contribution is 2.30. The minimum atomic E-state index is 0.426. The summed E-state index contributed by atoms with van der Waals surface area (Å²) in [6, 6.07) is 7.86. The molecule has 1 aromatic carbocycles. The van der Waals surface area contributed by atoms with E-state index in [9.17, 15) is 0 Å². The summed E-state index contributed by atoms with van der Waals surface area (Å²) in [7, 11) is 3.47. The Morgan fingerprint density at radius 1 is 1.21 bits per heavy atom. The monoisotopic (exact) mass is 385 g/mol. The molecule has 4 nitrogen and oxygen atoms in total. The summed E-state index contributed by atoms with van der Waals surface area (Å²) in [5.41, 5.74) is 1.76. The van der Waals surface area contributed by atoms with Crippen molar-refractivity contribution in [2.45, 2.75) is 6.61 Å². The normalized spacial score (nSPS) is 10.5. The van der Waals surface area contributed by atoms with Gasteiger partial charge in [-0.05, 0) is 22.0 Å². The third-order valence-electron chi connectivity index (χ3n) is 2.55. The van der Waals surface area contributed by atoms with Gasteiger partial charge in [0.15, 0.2) is 5.82 Å². The maximum Gasteiger partial charge on any atom is 0.163 e. The summed E-state index contributed by atoms with van der Waals surface area (Å²) in [6.07, 6.45) is 0. The zero-order valence-corrected chi connectivity index (χ0v) is 13.7. The van der Waals surface area contributed by atoms with Crippen LogP contribution in [-0.4, -0.2) is 24.1 Å². The lowest BCUT2D eigenvalue weighted by Gasteiger charge is -2.11. The fourth-order valence-electron chi connectivity index (χ4n) is 1.65. The maximum atomic E-state index is 5.17. The highest BCUT2D eigenvalue weighted by atomic mass is 79.9. The smallest absolute Gasteiger partial charge is 0.163 e. The van der Waals surface area contributed by atoms with Crippen LogP contribution in [0, 0.1) is 0 Å². The highest BCUT2D eigenvalue weighted by Gasteiger charge is 2.14. The van der Waals surface area contributed by atoms with Crippen molar-refractivity contribution in [2.24, 2.45) is 0 Å². The van der Waals surface area contributed by atoms with Gasteiger partial charge in [0.05, 0.1) is 16.8 Å². The third-order valence-corrected chi connectivity index (χ3v) is 4.08. The molecule has 0 unspecified atom stereocenters. The molecule has 0 spiro atoms. The van der Waals surface area contributed by atoms with Crippen molar-refractivity contribution in [1.82, 2.24) is 9.97 Å². The van der Waals surface area contributed by atoms with Crippen LogP contribution >= 0.6 is 31.9 Å². The molecule has 0 aliphatic carbocycles. The molecule has 0 bridgehead atoms. The topological polar surface area (TPSA) is 47.0 Å². The second kappa shape index (κ2) is 6.45.